The average molecular weight is 234 g/mol. The number of carbonyl (C=O) groups is 1. The summed E-state index contributed by atoms with van der Waals surface area (Å²) in [4.78, 5) is 11.4. The third kappa shape index (κ3) is 5.20. The molecule has 0 saturated carbocycles. The van der Waals surface area contributed by atoms with Gasteiger partial charge in [-0.3, -0.25) is 0 Å². The van der Waals surface area contributed by atoms with Crippen molar-refractivity contribution in [3.63, 3.8) is 0 Å². The molecule has 0 bridgehead atoms. The maximum atomic E-state index is 11.4. The van der Waals surface area contributed by atoms with Crippen LogP contribution in [0.1, 0.15) is 26.3 Å². The highest BCUT2D eigenvalue weighted by Crippen LogP contribution is 2.13. The standard InChI is InChI=1S/C14H18O3/c1-14(2,3)17-13(15)10-7-11-5-8-12(16-4)9-6-11/h5-10H,1-4H3/b10-7-. The Morgan fingerprint density at radius 3 is 2.24 bits per heavy atom. The van der Waals surface area contributed by atoms with E-state index < -0.39 is 5.60 Å². The van der Waals surface area contributed by atoms with Crippen LogP contribution >= 0.6 is 0 Å². The molecule has 1 aromatic carbocycles. The monoisotopic (exact) mass is 234 g/mol. The van der Waals surface area contributed by atoms with Crippen molar-refractivity contribution >= 4 is 12.0 Å². The van der Waals surface area contributed by atoms with Crippen LogP contribution in [-0.2, 0) is 9.53 Å². The normalized spacial score (nSPS) is 11.5. The molecule has 0 fully saturated rings. The fourth-order valence-corrected chi connectivity index (χ4v) is 1.22. The van der Waals surface area contributed by atoms with E-state index in [0.29, 0.717) is 0 Å². The quantitative estimate of drug-likeness (QED) is 0.595. The molecule has 0 aliphatic carbocycles. The van der Waals surface area contributed by atoms with Crippen LogP contribution in [-0.4, -0.2) is 18.7 Å². The van der Waals surface area contributed by atoms with Crippen LogP contribution in [0.4, 0.5) is 0 Å². The predicted octanol–water partition coefficient (Wildman–Crippen LogP) is 3.05. The van der Waals surface area contributed by atoms with Crippen LogP contribution in [0.15, 0.2) is 30.3 Å². The van der Waals surface area contributed by atoms with Gasteiger partial charge < -0.3 is 9.47 Å². The Bertz CT molecular complexity index is 396. The summed E-state index contributed by atoms with van der Waals surface area (Å²) in [6.45, 7) is 5.52. The van der Waals surface area contributed by atoms with Gasteiger partial charge in [-0.1, -0.05) is 12.1 Å². The zero-order valence-corrected chi connectivity index (χ0v) is 10.7. The van der Waals surface area contributed by atoms with Crippen LogP contribution in [0, 0.1) is 0 Å². The van der Waals surface area contributed by atoms with Crippen LogP contribution in [0.2, 0.25) is 0 Å². The van der Waals surface area contributed by atoms with Crippen molar-refractivity contribution < 1.29 is 14.3 Å². The highest BCUT2D eigenvalue weighted by molar-refractivity contribution is 5.87. The molecule has 3 heteroatoms. The summed E-state index contributed by atoms with van der Waals surface area (Å²) in [6.07, 6.45) is 3.14. The molecule has 0 radical (unpaired) electrons. The molecule has 0 saturated heterocycles. The molecule has 0 spiro atoms. The minimum absolute atomic E-state index is 0.340. The first-order valence-corrected chi connectivity index (χ1v) is 5.46. The fourth-order valence-electron chi connectivity index (χ4n) is 1.22. The van der Waals surface area contributed by atoms with Gasteiger partial charge in [-0.2, -0.15) is 0 Å². The molecule has 1 aromatic rings. The number of carbonyl (C=O) groups excluding carboxylic acids is 1. The van der Waals surface area contributed by atoms with Crippen LogP contribution in [0.5, 0.6) is 5.75 Å². The molecule has 0 atom stereocenters. The Hall–Kier alpha value is -1.77. The van der Waals surface area contributed by atoms with E-state index in [1.807, 2.05) is 45.0 Å². The highest BCUT2D eigenvalue weighted by Gasteiger charge is 2.13. The molecule has 92 valence electrons. The number of benzene rings is 1. The lowest BCUT2D eigenvalue weighted by Gasteiger charge is -2.17. The van der Waals surface area contributed by atoms with Crippen molar-refractivity contribution in [3.8, 4) is 5.75 Å². The molecule has 0 aliphatic rings. The van der Waals surface area contributed by atoms with Crippen LogP contribution in [0.25, 0.3) is 6.08 Å². The molecule has 3 nitrogen and oxygen atoms in total. The Kier molecular flexibility index (Phi) is 4.32. The minimum Gasteiger partial charge on any atom is -0.497 e. The van der Waals surface area contributed by atoms with Crippen LogP contribution in [0.3, 0.4) is 0 Å². The first-order chi connectivity index (χ1) is 7.90. The van der Waals surface area contributed by atoms with E-state index in [-0.39, 0.29) is 5.97 Å². The van der Waals surface area contributed by atoms with Gasteiger partial charge in [0.1, 0.15) is 11.4 Å². The lowest BCUT2D eigenvalue weighted by molar-refractivity contribution is -0.148. The van der Waals surface area contributed by atoms with Gasteiger partial charge in [-0.15, -0.1) is 0 Å². The van der Waals surface area contributed by atoms with Gasteiger partial charge in [0.2, 0.25) is 0 Å². The minimum atomic E-state index is -0.457. The van der Waals surface area contributed by atoms with Gasteiger partial charge >= 0.3 is 5.97 Å². The number of methoxy groups -OCH3 is 1. The van der Waals surface area contributed by atoms with Crippen molar-refractivity contribution in [1.82, 2.24) is 0 Å². The maximum absolute atomic E-state index is 11.4. The van der Waals surface area contributed by atoms with E-state index in [1.54, 1.807) is 13.2 Å². The molecule has 0 heterocycles. The molecule has 17 heavy (non-hydrogen) atoms. The SMILES string of the molecule is COc1ccc(/C=C\C(=O)OC(C)(C)C)cc1. The summed E-state index contributed by atoms with van der Waals surface area (Å²) < 4.78 is 10.2. The number of ether oxygens (including phenoxy) is 2. The van der Waals surface area contributed by atoms with E-state index in [4.69, 9.17) is 9.47 Å². The van der Waals surface area contributed by atoms with Gasteiger partial charge in [0, 0.05) is 6.08 Å². The summed E-state index contributed by atoms with van der Waals surface area (Å²) in [7, 11) is 1.62. The Labute approximate surface area is 102 Å². The summed E-state index contributed by atoms with van der Waals surface area (Å²) in [5, 5.41) is 0. The van der Waals surface area contributed by atoms with E-state index >= 15 is 0 Å². The second kappa shape index (κ2) is 5.53. The molecule has 0 N–H and O–H groups in total. The molecule has 1 rings (SSSR count). The third-order valence-electron chi connectivity index (χ3n) is 1.93. The van der Waals surface area contributed by atoms with E-state index in [2.05, 4.69) is 0 Å². The largest absolute Gasteiger partial charge is 0.497 e. The Morgan fingerprint density at radius 2 is 1.76 bits per heavy atom. The van der Waals surface area contributed by atoms with Crippen molar-refractivity contribution in [3.05, 3.63) is 35.9 Å². The Morgan fingerprint density at radius 1 is 1.18 bits per heavy atom. The van der Waals surface area contributed by atoms with Crippen molar-refractivity contribution in [2.75, 3.05) is 7.11 Å². The van der Waals surface area contributed by atoms with Crippen LogP contribution < -0.4 is 4.74 Å². The van der Waals surface area contributed by atoms with Gasteiger partial charge in [0.25, 0.3) is 0 Å². The highest BCUT2D eigenvalue weighted by atomic mass is 16.6. The summed E-state index contributed by atoms with van der Waals surface area (Å²) in [5.74, 6) is 0.452. The molecule has 0 amide bonds. The summed E-state index contributed by atoms with van der Waals surface area (Å²) >= 11 is 0. The first kappa shape index (κ1) is 13.3. The zero-order valence-electron chi connectivity index (χ0n) is 10.7. The topological polar surface area (TPSA) is 35.5 Å². The third-order valence-corrected chi connectivity index (χ3v) is 1.93. The summed E-state index contributed by atoms with van der Waals surface area (Å²) in [5.41, 5.74) is 0.470. The maximum Gasteiger partial charge on any atom is 0.331 e. The Balaban J connectivity index is 2.61. The van der Waals surface area contributed by atoms with Gasteiger partial charge in [0.05, 0.1) is 7.11 Å². The number of rotatable bonds is 3. The van der Waals surface area contributed by atoms with Crippen molar-refractivity contribution in [2.45, 2.75) is 26.4 Å². The van der Waals surface area contributed by atoms with E-state index in [9.17, 15) is 4.79 Å². The van der Waals surface area contributed by atoms with Gasteiger partial charge in [-0.05, 0) is 44.5 Å². The first-order valence-electron chi connectivity index (χ1n) is 5.46. The lowest BCUT2D eigenvalue weighted by Crippen LogP contribution is -2.22. The fraction of sp³-hybridized carbons (Fsp3) is 0.357. The van der Waals surface area contributed by atoms with Crippen molar-refractivity contribution in [2.24, 2.45) is 0 Å². The number of hydrogen-bond donors (Lipinski definition) is 0. The zero-order chi connectivity index (χ0) is 12.9. The predicted molar refractivity (Wildman–Crippen MR) is 67.9 cm³/mol. The van der Waals surface area contributed by atoms with Gasteiger partial charge in [0.15, 0.2) is 0 Å². The molecule has 0 unspecified atom stereocenters. The van der Waals surface area contributed by atoms with Crippen molar-refractivity contribution in [1.29, 1.82) is 0 Å². The van der Waals surface area contributed by atoms with E-state index in [0.717, 1.165) is 11.3 Å². The summed E-state index contributed by atoms with van der Waals surface area (Å²) in [6, 6.07) is 7.43. The molecule has 0 aliphatic heterocycles. The number of esters is 1. The van der Waals surface area contributed by atoms with E-state index in [1.165, 1.54) is 6.08 Å². The lowest BCUT2D eigenvalue weighted by atomic mass is 10.2. The molecule has 0 aromatic heterocycles. The smallest absolute Gasteiger partial charge is 0.331 e. The second-order valence-electron chi connectivity index (χ2n) is 4.64. The molecular formula is C14H18O3. The number of hydrogen-bond acceptors (Lipinski definition) is 3. The average Bonchev–Trinajstić information content (AvgIpc) is 2.25. The molecular weight excluding hydrogens is 216 g/mol. The van der Waals surface area contributed by atoms with Gasteiger partial charge in [-0.25, -0.2) is 4.79 Å². The second-order valence-corrected chi connectivity index (χ2v) is 4.64.